The van der Waals surface area contributed by atoms with Crippen molar-refractivity contribution in [2.24, 2.45) is 0 Å². The molecule has 4 rings (SSSR count). The van der Waals surface area contributed by atoms with Crippen molar-refractivity contribution < 1.29 is 9.53 Å². The summed E-state index contributed by atoms with van der Waals surface area (Å²) in [6.45, 7) is 4.15. The predicted octanol–water partition coefficient (Wildman–Crippen LogP) is 3.84. The van der Waals surface area contributed by atoms with Gasteiger partial charge in [-0.1, -0.05) is 30.3 Å². The van der Waals surface area contributed by atoms with Gasteiger partial charge >= 0.3 is 0 Å². The Balaban J connectivity index is 1.52. The Labute approximate surface area is 163 Å². The fourth-order valence-corrected chi connectivity index (χ4v) is 3.80. The van der Waals surface area contributed by atoms with E-state index in [4.69, 9.17) is 4.74 Å². The van der Waals surface area contributed by atoms with Crippen molar-refractivity contribution in [3.05, 3.63) is 70.5 Å². The molecule has 2 aromatic carbocycles. The highest BCUT2D eigenvalue weighted by molar-refractivity contribution is 5.95. The van der Waals surface area contributed by atoms with Gasteiger partial charge in [0.05, 0.1) is 6.10 Å². The number of fused-ring (bicyclic) bond motifs is 1. The zero-order valence-electron chi connectivity index (χ0n) is 16.0. The van der Waals surface area contributed by atoms with Crippen LogP contribution in [0.2, 0.25) is 0 Å². The molecule has 1 saturated heterocycles. The molecule has 1 N–H and O–H groups in total. The van der Waals surface area contributed by atoms with Gasteiger partial charge in [-0.25, -0.2) is 0 Å². The average Bonchev–Trinajstić information content (AvgIpc) is 2.74. The summed E-state index contributed by atoms with van der Waals surface area (Å²) in [5.74, 6) is 0.0360. The molecule has 0 bridgehead atoms. The van der Waals surface area contributed by atoms with Crippen molar-refractivity contribution in [3.8, 4) is 11.1 Å². The van der Waals surface area contributed by atoms with Crippen LogP contribution in [0.3, 0.4) is 0 Å². The van der Waals surface area contributed by atoms with Crippen LogP contribution in [-0.2, 0) is 4.74 Å². The number of hydrogen-bond acceptors (Lipinski definition) is 3. The third kappa shape index (κ3) is 3.71. The minimum Gasteiger partial charge on any atom is -0.378 e. The number of piperidine rings is 1. The number of nitrogens with one attached hydrogen (secondary N) is 1. The third-order valence-electron chi connectivity index (χ3n) is 5.33. The molecule has 0 radical (unpaired) electrons. The van der Waals surface area contributed by atoms with Gasteiger partial charge in [0.1, 0.15) is 0 Å². The lowest BCUT2D eigenvalue weighted by Gasteiger charge is -2.31. The highest BCUT2D eigenvalue weighted by atomic mass is 16.5. The Bertz CT molecular complexity index is 1030. The van der Waals surface area contributed by atoms with Crippen molar-refractivity contribution >= 4 is 16.8 Å². The number of aromatic nitrogens is 1. The predicted molar refractivity (Wildman–Crippen MR) is 111 cm³/mol. The Morgan fingerprint density at radius 2 is 1.82 bits per heavy atom. The van der Waals surface area contributed by atoms with E-state index in [1.165, 1.54) is 0 Å². The first kappa shape index (κ1) is 18.4. The van der Waals surface area contributed by atoms with Crippen LogP contribution in [-0.4, -0.2) is 41.6 Å². The number of rotatable bonds is 4. The summed E-state index contributed by atoms with van der Waals surface area (Å²) in [6, 6.07) is 16.9. The maximum atomic E-state index is 12.8. The second kappa shape index (κ2) is 7.98. The summed E-state index contributed by atoms with van der Waals surface area (Å²) in [5.41, 5.74) is 2.75. The molecule has 1 fully saturated rings. The fourth-order valence-electron chi connectivity index (χ4n) is 3.80. The van der Waals surface area contributed by atoms with Gasteiger partial charge in [-0.15, -0.1) is 0 Å². The second-order valence-corrected chi connectivity index (χ2v) is 7.12. The van der Waals surface area contributed by atoms with E-state index in [9.17, 15) is 9.59 Å². The molecule has 144 valence electrons. The van der Waals surface area contributed by atoms with Crippen molar-refractivity contribution in [2.45, 2.75) is 25.9 Å². The molecule has 3 aromatic rings. The van der Waals surface area contributed by atoms with E-state index in [-0.39, 0.29) is 17.6 Å². The Hall–Kier alpha value is -2.92. The van der Waals surface area contributed by atoms with Crippen LogP contribution in [0.25, 0.3) is 22.0 Å². The topological polar surface area (TPSA) is 62.4 Å². The van der Waals surface area contributed by atoms with Gasteiger partial charge in [-0.05, 0) is 55.0 Å². The molecule has 0 saturated carbocycles. The number of para-hydroxylation sites is 1. The number of carbonyl (C=O) groups is 1. The van der Waals surface area contributed by atoms with E-state index in [0.29, 0.717) is 17.7 Å². The van der Waals surface area contributed by atoms with Crippen LogP contribution in [0, 0.1) is 0 Å². The first-order valence-corrected chi connectivity index (χ1v) is 9.79. The van der Waals surface area contributed by atoms with Crippen LogP contribution < -0.4 is 5.56 Å². The highest BCUT2D eigenvalue weighted by Crippen LogP contribution is 2.22. The van der Waals surface area contributed by atoms with Crippen LogP contribution in [0.1, 0.15) is 30.1 Å². The Morgan fingerprint density at radius 1 is 1.11 bits per heavy atom. The maximum Gasteiger partial charge on any atom is 0.256 e. The summed E-state index contributed by atoms with van der Waals surface area (Å²) in [6.07, 6.45) is 2.02. The van der Waals surface area contributed by atoms with E-state index in [0.717, 1.165) is 42.4 Å². The summed E-state index contributed by atoms with van der Waals surface area (Å²) in [4.78, 5) is 30.0. The standard InChI is InChI=1S/C23H24N2O3/c1-2-28-19-11-13-25(14-12-19)23(27)17-9-7-16(8-10-17)20-15-18-5-3-4-6-21(18)24-22(20)26/h3-10,15,19H,2,11-14H2,1H3,(H,24,26). The Kier molecular flexibility index (Phi) is 5.26. The molecule has 5 nitrogen and oxygen atoms in total. The van der Waals surface area contributed by atoms with Crippen LogP contribution >= 0.6 is 0 Å². The molecule has 0 unspecified atom stereocenters. The van der Waals surface area contributed by atoms with Crippen LogP contribution in [0.5, 0.6) is 0 Å². The number of pyridine rings is 1. The van der Waals surface area contributed by atoms with Gasteiger partial charge in [0.2, 0.25) is 0 Å². The average molecular weight is 376 g/mol. The van der Waals surface area contributed by atoms with Crippen molar-refractivity contribution in [2.75, 3.05) is 19.7 Å². The van der Waals surface area contributed by atoms with Gasteiger partial charge in [0, 0.05) is 36.3 Å². The molecule has 1 aromatic heterocycles. The second-order valence-electron chi connectivity index (χ2n) is 7.12. The SMILES string of the molecule is CCOC1CCN(C(=O)c2ccc(-c3cc4ccccc4[nH]c3=O)cc2)CC1. The normalized spacial score (nSPS) is 15.1. The highest BCUT2D eigenvalue weighted by Gasteiger charge is 2.23. The number of likely N-dealkylation sites (tertiary alicyclic amines) is 1. The quantitative estimate of drug-likeness (QED) is 0.753. The number of H-pyrrole nitrogens is 1. The van der Waals surface area contributed by atoms with E-state index in [2.05, 4.69) is 4.98 Å². The summed E-state index contributed by atoms with van der Waals surface area (Å²) < 4.78 is 5.65. The molecular weight excluding hydrogens is 352 g/mol. The van der Waals surface area contributed by atoms with Gasteiger partial charge in [-0.2, -0.15) is 0 Å². The Morgan fingerprint density at radius 3 is 2.54 bits per heavy atom. The molecule has 0 atom stereocenters. The van der Waals surface area contributed by atoms with Gasteiger partial charge in [0.25, 0.3) is 11.5 Å². The first-order chi connectivity index (χ1) is 13.7. The summed E-state index contributed by atoms with van der Waals surface area (Å²) in [5, 5.41) is 0.981. The van der Waals surface area contributed by atoms with Crippen LogP contribution in [0.4, 0.5) is 0 Å². The molecule has 5 heteroatoms. The van der Waals surface area contributed by atoms with Crippen molar-refractivity contribution in [1.29, 1.82) is 0 Å². The minimum absolute atomic E-state index is 0.0360. The zero-order valence-corrected chi connectivity index (χ0v) is 16.0. The molecule has 2 heterocycles. The molecule has 1 amide bonds. The number of benzene rings is 2. The molecule has 0 spiro atoms. The maximum absolute atomic E-state index is 12.8. The lowest BCUT2D eigenvalue weighted by Crippen LogP contribution is -2.40. The lowest BCUT2D eigenvalue weighted by molar-refractivity contribution is 0.0146. The van der Waals surface area contributed by atoms with Crippen molar-refractivity contribution in [3.63, 3.8) is 0 Å². The lowest BCUT2D eigenvalue weighted by atomic mass is 10.0. The molecule has 1 aliphatic rings. The first-order valence-electron chi connectivity index (χ1n) is 9.79. The smallest absolute Gasteiger partial charge is 0.256 e. The van der Waals surface area contributed by atoms with Crippen molar-refractivity contribution in [1.82, 2.24) is 9.88 Å². The number of ether oxygens (including phenoxy) is 1. The molecular formula is C23H24N2O3. The number of hydrogen-bond donors (Lipinski definition) is 1. The summed E-state index contributed by atoms with van der Waals surface area (Å²) >= 11 is 0. The molecule has 1 aliphatic heterocycles. The fraction of sp³-hybridized carbons (Fsp3) is 0.304. The monoisotopic (exact) mass is 376 g/mol. The number of aromatic amines is 1. The summed E-state index contributed by atoms with van der Waals surface area (Å²) in [7, 11) is 0. The largest absolute Gasteiger partial charge is 0.378 e. The van der Waals surface area contributed by atoms with E-state index >= 15 is 0 Å². The number of amides is 1. The minimum atomic E-state index is -0.129. The van der Waals surface area contributed by atoms with E-state index < -0.39 is 0 Å². The number of nitrogens with zero attached hydrogens (tertiary/aromatic N) is 1. The van der Waals surface area contributed by atoms with Gasteiger partial charge in [-0.3, -0.25) is 9.59 Å². The van der Waals surface area contributed by atoms with Crippen LogP contribution in [0.15, 0.2) is 59.4 Å². The third-order valence-corrected chi connectivity index (χ3v) is 5.33. The van der Waals surface area contributed by atoms with Gasteiger partial charge in [0.15, 0.2) is 0 Å². The van der Waals surface area contributed by atoms with Gasteiger partial charge < -0.3 is 14.6 Å². The molecule has 28 heavy (non-hydrogen) atoms. The zero-order chi connectivity index (χ0) is 19.5. The molecule has 0 aliphatic carbocycles. The number of carbonyl (C=O) groups excluding carboxylic acids is 1. The van der Waals surface area contributed by atoms with E-state index in [1.807, 2.05) is 54.3 Å². The van der Waals surface area contributed by atoms with E-state index in [1.54, 1.807) is 12.1 Å².